The second kappa shape index (κ2) is 6.07. The molecule has 1 N–H and O–H groups in total. The molecule has 1 aliphatic heterocycles. The Morgan fingerprint density at radius 1 is 1.26 bits per heavy atom. The van der Waals surface area contributed by atoms with Crippen LogP contribution in [0.3, 0.4) is 0 Å². The van der Waals surface area contributed by atoms with Crippen molar-refractivity contribution in [2.45, 2.75) is 64.5 Å². The summed E-state index contributed by atoms with van der Waals surface area (Å²) in [7, 11) is 0. The zero-order chi connectivity index (χ0) is 15.8. The van der Waals surface area contributed by atoms with Gasteiger partial charge in [-0.25, -0.2) is 0 Å². The van der Waals surface area contributed by atoms with Crippen molar-refractivity contribution in [3.05, 3.63) is 33.0 Å². The summed E-state index contributed by atoms with van der Waals surface area (Å²) < 4.78 is 2.12. The Hall–Kier alpha value is -1.69. The molecule has 3 heterocycles. The molecule has 2 aromatic rings. The Bertz CT molecular complexity index is 710. The highest BCUT2D eigenvalue weighted by atomic mass is 32.1. The summed E-state index contributed by atoms with van der Waals surface area (Å²) in [5, 5.41) is 11.5. The number of aryl methyl sites for hydroxylation is 4. The molecule has 5 nitrogen and oxygen atoms in total. The van der Waals surface area contributed by atoms with Crippen molar-refractivity contribution < 1.29 is 4.79 Å². The van der Waals surface area contributed by atoms with E-state index in [9.17, 15) is 4.79 Å². The van der Waals surface area contributed by atoms with Crippen LogP contribution < -0.4 is 5.32 Å². The van der Waals surface area contributed by atoms with Gasteiger partial charge in [-0.15, -0.1) is 21.5 Å². The number of carbonyl (C=O) groups is 1. The van der Waals surface area contributed by atoms with E-state index in [0.717, 1.165) is 48.8 Å². The third kappa shape index (κ3) is 2.92. The fourth-order valence-electron chi connectivity index (χ4n) is 3.62. The number of aromatic nitrogens is 3. The summed E-state index contributed by atoms with van der Waals surface area (Å²) in [6.07, 6.45) is 7.91. The first kappa shape index (κ1) is 14.9. The zero-order valence-electron chi connectivity index (χ0n) is 13.5. The number of amides is 1. The Morgan fingerprint density at radius 3 is 3.04 bits per heavy atom. The van der Waals surface area contributed by atoms with E-state index in [1.54, 1.807) is 11.3 Å². The standard InChI is InChI=1S/C17H22N4OS/c1-11-19-20-16-8-7-13(10-21(11)16)18-17(22)15-9-12-5-3-2-4-6-14(12)23-15/h9,13H,2-8,10H2,1H3,(H,18,22). The largest absolute Gasteiger partial charge is 0.347 e. The number of rotatable bonds is 2. The van der Waals surface area contributed by atoms with E-state index in [4.69, 9.17) is 0 Å². The summed E-state index contributed by atoms with van der Waals surface area (Å²) in [6.45, 7) is 2.75. The van der Waals surface area contributed by atoms with E-state index >= 15 is 0 Å². The first-order valence-electron chi connectivity index (χ1n) is 8.52. The number of nitrogens with one attached hydrogen (secondary N) is 1. The molecule has 0 saturated carbocycles. The molecule has 122 valence electrons. The molecule has 1 unspecified atom stereocenters. The molecule has 2 aromatic heterocycles. The molecule has 0 bridgehead atoms. The Labute approximate surface area is 140 Å². The van der Waals surface area contributed by atoms with Crippen LogP contribution in [0.1, 0.15) is 57.4 Å². The van der Waals surface area contributed by atoms with E-state index < -0.39 is 0 Å². The van der Waals surface area contributed by atoms with Gasteiger partial charge in [0.2, 0.25) is 0 Å². The number of carbonyl (C=O) groups excluding carboxylic acids is 1. The van der Waals surface area contributed by atoms with Gasteiger partial charge in [0, 0.05) is 23.9 Å². The van der Waals surface area contributed by atoms with Crippen LogP contribution in [0.4, 0.5) is 0 Å². The number of nitrogens with zero attached hydrogens (tertiary/aromatic N) is 3. The first-order chi connectivity index (χ1) is 11.2. The molecular weight excluding hydrogens is 308 g/mol. The molecule has 0 aromatic carbocycles. The molecule has 0 radical (unpaired) electrons. The number of hydrogen-bond acceptors (Lipinski definition) is 4. The van der Waals surface area contributed by atoms with Crippen LogP contribution in [0.2, 0.25) is 0 Å². The van der Waals surface area contributed by atoms with Crippen molar-refractivity contribution in [1.29, 1.82) is 0 Å². The molecule has 0 saturated heterocycles. The molecule has 2 aliphatic rings. The molecule has 23 heavy (non-hydrogen) atoms. The summed E-state index contributed by atoms with van der Waals surface area (Å²) >= 11 is 1.69. The van der Waals surface area contributed by atoms with Crippen molar-refractivity contribution in [1.82, 2.24) is 20.1 Å². The van der Waals surface area contributed by atoms with Gasteiger partial charge >= 0.3 is 0 Å². The van der Waals surface area contributed by atoms with Gasteiger partial charge < -0.3 is 9.88 Å². The van der Waals surface area contributed by atoms with E-state index in [1.807, 2.05) is 6.92 Å². The smallest absolute Gasteiger partial charge is 0.261 e. The lowest BCUT2D eigenvalue weighted by atomic mass is 10.1. The molecule has 6 heteroatoms. The van der Waals surface area contributed by atoms with Gasteiger partial charge in [0.15, 0.2) is 0 Å². The van der Waals surface area contributed by atoms with Crippen LogP contribution in [0.15, 0.2) is 6.07 Å². The minimum Gasteiger partial charge on any atom is -0.347 e. The summed E-state index contributed by atoms with van der Waals surface area (Å²) in [5.41, 5.74) is 1.40. The highest BCUT2D eigenvalue weighted by molar-refractivity contribution is 7.14. The van der Waals surface area contributed by atoms with Gasteiger partial charge in [-0.3, -0.25) is 4.79 Å². The lowest BCUT2D eigenvalue weighted by molar-refractivity contribution is 0.0931. The maximum absolute atomic E-state index is 12.6. The second-order valence-electron chi connectivity index (χ2n) is 6.60. The molecule has 0 fully saturated rings. The van der Waals surface area contributed by atoms with E-state index in [-0.39, 0.29) is 11.9 Å². The Morgan fingerprint density at radius 2 is 2.13 bits per heavy atom. The molecular formula is C17H22N4OS. The average molecular weight is 330 g/mol. The summed E-state index contributed by atoms with van der Waals surface area (Å²) in [4.78, 5) is 14.9. The number of thiophene rings is 1. The fourth-order valence-corrected chi connectivity index (χ4v) is 4.77. The third-order valence-electron chi connectivity index (χ3n) is 4.94. The van der Waals surface area contributed by atoms with Crippen LogP contribution in [-0.4, -0.2) is 26.7 Å². The lowest BCUT2D eigenvalue weighted by Crippen LogP contribution is -2.41. The van der Waals surface area contributed by atoms with Crippen molar-refractivity contribution in [2.75, 3.05) is 0 Å². The van der Waals surface area contributed by atoms with Gasteiger partial charge in [-0.2, -0.15) is 0 Å². The minimum atomic E-state index is 0.0854. The molecule has 4 rings (SSSR count). The maximum Gasteiger partial charge on any atom is 0.261 e. The normalized spacial score (nSPS) is 20.5. The third-order valence-corrected chi connectivity index (χ3v) is 6.17. The van der Waals surface area contributed by atoms with Crippen LogP contribution in [-0.2, 0) is 25.8 Å². The number of fused-ring (bicyclic) bond motifs is 2. The highest BCUT2D eigenvalue weighted by Crippen LogP contribution is 2.29. The Kier molecular flexibility index (Phi) is 3.93. The minimum absolute atomic E-state index is 0.0854. The van der Waals surface area contributed by atoms with Gasteiger partial charge in [0.25, 0.3) is 5.91 Å². The second-order valence-corrected chi connectivity index (χ2v) is 7.74. The number of hydrogen-bond donors (Lipinski definition) is 1. The van der Waals surface area contributed by atoms with Crippen molar-refractivity contribution in [3.8, 4) is 0 Å². The van der Waals surface area contributed by atoms with Gasteiger partial charge in [0.1, 0.15) is 11.6 Å². The summed E-state index contributed by atoms with van der Waals surface area (Å²) in [5.74, 6) is 2.06. The first-order valence-corrected chi connectivity index (χ1v) is 9.33. The average Bonchev–Trinajstić information content (AvgIpc) is 3.05. The fraction of sp³-hybridized carbons (Fsp3) is 0.588. The zero-order valence-corrected chi connectivity index (χ0v) is 14.3. The van der Waals surface area contributed by atoms with Crippen LogP contribution in [0.5, 0.6) is 0 Å². The SMILES string of the molecule is Cc1nnc2n1CC(NC(=O)c1cc3c(s1)CCCCC3)CC2. The molecule has 1 atom stereocenters. The van der Waals surface area contributed by atoms with Crippen molar-refractivity contribution in [2.24, 2.45) is 0 Å². The van der Waals surface area contributed by atoms with Crippen LogP contribution in [0.25, 0.3) is 0 Å². The van der Waals surface area contributed by atoms with Gasteiger partial charge in [0.05, 0.1) is 4.88 Å². The molecule has 1 aliphatic carbocycles. The topological polar surface area (TPSA) is 59.8 Å². The van der Waals surface area contributed by atoms with Crippen molar-refractivity contribution in [3.63, 3.8) is 0 Å². The monoisotopic (exact) mass is 330 g/mol. The van der Waals surface area contributed by atoms with Crippen molar-refractivity contribution >= 4 is 17.2 Å². The van der Waals surface area contributed by atoms with Crippen LogP contribution in [0, 0.1) is 6.92 Å². The van der Waals surface area contributed by atoms with E-state index in [2.05, 4.69) is 26.1 Å². The highest BCUT2D eigenvalue weighted by Gasteiger charge is 2.24. The van der Waals surface area contributed by atoms with E-state index in [1.165, 1.54) is 29.7 Å². The van der Waals surface area contributed by atoms with E-state index in [0.29, 0.717) is 0 Å². The lowest BCUT2D eigenvalue weighted by Gasteiger charge is -2.24. The Balaban J connectivity index is 1.45. The van der Waals surface area contributed by atoms with Gasteiger partial charge in [-0.05, 0) is 50.7 Å². The van der Waals surface area contributed by atoms with Crippen LogP contribution >= 0.6 is 11.3 Å². The molecule has 1 amide bonds. The predicted molar refractivity (Wildman–Crippen MR) is 89.9 cm³/mol. The molecule has 0 spiro atoms. The van der Waals surface area contributed by atoms with Gasteiger partial charge in [-0.1, -0.05) is 6.42 Å². The quantitative estimate of drug-likeness (QED) is 0.861. The maximum atomic E-state index is 12.6. The summed E-state index contributed by atoms with van der Waals surface area (Å²) in [6, 6.07) is 2.30. The predicted octanol–water partition coefficient (Wildman–Crippen LogP) is 2.66.